The lowest BCUT2D eigenvalue weighted by molar-refractivity contribution is -0.137. The van der Waals surface area contributed by atoms with Crippen LogP contribution in [-0.2, 0) is 6.18 Å². The number of carbonyl (C=O) groups excluding carboxylic acids is 2. The van der Waals surface area contributed by atoms with Crippen molar-refractivity contribution in [2.45, 2.75) is 19.1 Å². The molecule has 0 spiro atoms. The number of hydrogen-bond acceptors (Lipinski definition) is 3. The molecule has 0 radical (unpaired) electrons. The molecular formula is C22H15F4N3O2. The van der Waals surface area contributed by atoms with Gasteiger partial charge in [0.15, 0.2) is 0 Å². The third kappa shape index (κ3) is 3.86. The quantitative estimate of drug-likeness (QED) is 0.597. The monoisotopic (exact) mass is 429 g/mol. The van der Waals surface area contributed by atoms with E-state index in [1.165, 1.54) is 12.3 Å². The highest BCUT2D eigenvalue weighted by Gasteiger charge is 2.35. The number of alkyl halides is 3. The van der Waals surface area contributed by atoms with Crippen LogP contribution in [0.5, 0.6) is 0 Å². The van der Waals surface area contributed by atoms with Crippen LogP contribution in [0.25, 0.3) is 0 Å². The van der Waals surface area contributed by atoms with Crippen molar-refractivity contribution in [3.05, 3.63) is 94.1 Å². The second kappa shape index (κ2) is 7.50. The van der Waals surface area contributed by atoms with Crippen molar-refractivity contribution in [2.75, 3.05) is 5.32 Å². The number of rotatable bonds is 3. The minimum Gasteiger partial charge on any atom is -0.340 e. The van der Waals surface area contributed by atoms with E-state index in [0.29, 0.717) is 23.8 Å². The lowest BCUT2D eigenvalue weighted by Crippen LogP contribution is -2.21. The summed E-state index contributed by atoms with van der Waals surface area (Å²) in [6, 6.07) is 9.75. The first-order valence-electron chi connectivity index (χ1n) is 9.19. The van der Waals surface area contributed by atoms with Crippen LogP contribution in [0, 0.1) is 12.7 Å². The number of carbonyl (C=O) groups is 2. The molecule has 2 amide bonds. The summed E-state index contributed by atoms with van der Waals surface area (Å²) in [5.74, 6) is -2.57. The van der Waals surface area contributed by atoms with Gasteiger partial charge in [-0.3, -0.25) is 14.6 Å². The number of aryl methyl sites for hydroxylation is 1. The van der Waals surface area contributed by atoms with Crippen LogP contribution in [0.15, 0.2) is 54.7 Å². The Morgan fingerprint density at radius 2 is 1.87 bits per heavy atom. The van der Waals surface area contributed by atoms with Crippen molar-refractivity contribution in [1.29, 1.82) is 0 Å². The molecule has 2 N–H and O–H groups in total. The summed E-state index contributed by atoms with van der Waals surface area (Å²) in [6.45, 7) is 1.86. The first-order valence-corrected chi connectivity index (χ1v) is 9.19. The molecule has 1 aromatic heterocycles. The smallest absolute Gasteiger partial charge is 0.340 e. The molecule has 1 unspecified atom stereocenters. The summed E-state index contributed by atoms with van der Waals surface area (Å²) >= 11 is 0. The van der Waals surface area contributed by atoms with E-state index in [2.05, 4.69) is 15.6 Å². The SMILES string of the molecule is Cc1ccccc1C1NC(=O)c2nccc(NC(=O)c3cc(F)cc(C(F)(F)F)c3)c21. The lowest BCUT2D eigenvalue weighted by Gasteiger charge is -2.18. The number of nitrogens with zero attached hydrogens (tertiary/aromatic N) is 1. The maximum absolute atomic E-state index is 13.7. The number of halogens is 4. The van der Waals surface area contributed by atoms with Crippen molar-refractivity contribution < 1.29 is 27.2 Å². The van der Waals surface area contributed by atoms with E-state index in [9.17, 15) is 27.2 Å². The summed E-state index contributed by atoms with van der Waals surface area (Å²) in [5.41, 5.74) is 0.586. The molecule has 2 aromatic carbocycles. The molecule has 158 valence electrons. The number of pyridine rings is 1. The molecule has 4 rings (SSSR count). The van der Waals surface area contributed by atoms with Gasteiger partial charge in [0.05, 0.1) is 17.3 Å². The topological polar surface area (TPSA) is 71.1 Å². The fraction of sp³-hybridized carbons (Fsp3) is 0.136. The predicted molar refractivity (Wildman–Crippen MR) is 104 cm³/mol. The number of amides is 2. The molecule has 1 aliphatic rings. The summed E-state index contributed by atoms with van der Waals surface area (Å²) < 4.78 is 52.7. The van der Waals surface area contributed by atoms with Crippen LogP contribution in [-0.4, -0.2) is 16.8 Å². The van der Waals surface area contributed by atoms with Crippen LogP contribution in [0.3, 0.4) is 0 Å². The van der Waals surface area contributed by atoms with Gasteiger partial charge < -0.3 is 10.6 Å². The molecule has 0 saturated heterocycles. The van der Waals surface area contributed by atoms with Crippen LogP contribution in [0.4, 0.5) is 23.2 Å². The number of anilines is 1. The molecule has 31 heavy (non-hydrogen) atoms. The average Bonchev–Trinajstić information content (AvgIpc) is 3.05. The van der Waals surface area contributed by atoms with E-state index < -0.39 is 41.0 Å². The number of nitrogens with one attached hydrogen (secondary N) is 2. The highest BCUT2D eigenvalue weighted by molar-refractivity contribution is 6.07. The summed E-state index contributed by atoms with van der Waals surface area (Å²) in [7, 11) is 0. The Bertz CT molecular complexity index is 1210. The van der Waals surface area contributed by atoms with E-state index in [4.69, 9.17) is 0 Å². The molecule has 1 aliphatic heterocycles. The zero-order chi connectivity index (χ0) is 22.3. The van der Waals surface area contributed by atoms with Crippen LogP contribution < -0.4 is 10.6 Å². The number of benzene rings is 2. The number of aromatic nitrogens is 1. The number of fused-ring (bicyclic) bond motifs is 1. The fourth-order valence-electron chi connectivity index (χ4n) is 3.55. The van der Waals surface area contributed by atoms with Crippen LogP contribution >= 0.6 is 0 Å². The van der Waals surface area contributed by atoms with Gasteiger partial charge in [-0.15, -0.1) is 0 Å². The van der Waals surface area contributed by atoms with E-state index >= 15 is 0 Å². The Kier molecular flexibility index (Phi) is 4.96. The molecule has 0 fully saturated rings. The van der Waals surface area contributed by atoms with Gasteiger partial charge in [-0.1, -0.05) is 24.3 Å². The predicted octanol–water partition coefficient (Wildman–Crippen LogP) is 4.63. The third-order valence-electron chi connectivity index (χ3n) is 5.00. The van der Waals surface area contributed by atoms with Crippen molar-refractivity contribution in [1.82, 2.24) is 10.3 Å². The molecule has 5 nitrogen and oxygen atoms in total. The molecule has 9 heteroatoms. The third-order valence-corrected chi connectivity index (χ3v) is 5.00. The molecule has 0 aliphatic carbocycles. The maximum atomic E-state index is 13.7. The van der Waals surface area contributed by atoms with Crippen LogP contribution in [0.2, 0.25) is 0 Å². The molecule has 1 atom stereocenters. The van der Waals surface area contributed by atoms with E-state index in [1.54, 1.807) is 6.07 Å². The second-order valence-corrected chi connectivity index (χ2v) is 7.06. The number of hydrogen-bond donors (Lipinski definition) is 2. The van der Waals surface area contributed by atoms with Gasteiger partial charge in [-0.2, -0.15) is 13.2 Å². The highest BCUT2D eigenvalue weighted by Crippen LogP contribution is 2.37. The summed E-state index contributed by atoms with van der Waals surface area (Å²) in [4.78, 5) is 29.1. The zero-order valence-corrected chi connectivity index (χ0v) is 16.0. The Balaban J connectivity index is 1.74. The fourth-order valence-corrected chi connectivity index (χ4v) is 3.55. The molecular weight excluding hydrogens is 414 g/mol. The van der Waals surface area contributed by atoms with Gasteiger partial charge >= 0.3 is 6.18 Å². The van der Waals surface area contributed by atoms with Gasteiger partial charge in [-0.05, 0) is 42.3 Å². The molecule has 0 saturated carbocycles. The van der Waals surface area contributed by atoms with Crippen LogP contribution in [0.1, 0.15) is 49.1 Å². The largest absolute Gasteiger partial charge is 0.416 e. The van der Waals surface area contributed by atoms with Gasteiger partial charge in [0.25, 0.3) is 11.8 Å². The second-order valence-electron chi connectivity index (χ2n) is 7.06. The summed E-state index contributed by atoms with van der Waals surface area (Å²) in [6.07, 6.45) is -3.50. The van der Waals surface area contributed by atoms with Gasteiger partial charge in [-0.25, -0.2) is 4.39 Å². The Labute approximate surface area is 174 Å². The normalized spacial score (nSPS) is 15.4. The minimum atomic E-state index is -4.80. The Morgan fingerprint density at radius 3 is 2.58 bits per heavy atom. The average molecular weight is 429 g/mol. The van der Waals surface area contributed by atoms with Gasteiger partial charge in [0, 0.05) is 17.3 Å². The van der Waals surface area contributed by atoms with E-state index in [1.807, 2.05) is 25.1 Å². The highest BCUT2D eigenvalue weighted by atomic mass is 19.4. The zero-order valence-electron chi connectivity index (χ0n) is 16.0. The molecule has 2 heterocycles. The first-order chi connectivity index (χ1) is 14.6. The molecule has 3 aromatic rings. The van der Waals surface area contributed by atoms with Gasteiger partial charge in [0.2, 0.25) is 0 Å². The van der Waals surface area contributed by atoms with Crippen molar-refractivity contribution in [3.63, 3.8) is 0 Å². The van der Waals surface area contributed by atoms with Crippen molar-refractivity contribution in [3.8, 4) is 0 Å². The first kappa shape index (κ1) is 20.5. The molecule has 0 bridgehead atoms. The maximum Gasteiger partial charge on any atom is 0.416 e. The van der Waals surface area contributed by atoms with Gasteiger partial charge in [0.1, 0.15) is 11.5 Å². The van der Waals surface area contributed by atoms with E-state index in [0.717, 1.165) is 11.1 Å². The van der Waals surface area contributed by atoms with Crippen molar-refractivity contribution >= 4 is 17.5 Å². The lowest BCUT2D eigenvalue weighted by atomic mass is 9.95. The Hall–Kier alpha value is -3.75. The van der Waals surface area contributed by atoms with E-state index in [-0.39, 0.29) is 11.4 Å². The minimum absolute atomic E-state index is 0.0984. The Morgan fingerprint density at radius 1 is 1.13 bits per heavy atom. The van der Waals surface area contributed by atoms with Crippen molar-refractivity contribution in [2.24, 2.45) is 0 Å². The standard InChI is InChI=1S/C22H15F4N3O2/c1-11-4-2-3-5-15(11)18-17-16(6-7-27-19(17)21(31)29-18)28-20(30)12-8-13(22(24,25)26)10-14(23)9-12/h2-10,18H,1H3,(H,29,31)(H,27,28,30). The summed E-state index contributed by atoms with van der Waals surface area (Å²) in [5, 5.41) is 5.31.